The maximum atomic E-state index is 12.7. The molecule has 3 aromatic rings. The molecule has 1 aromatic carbocycles. The Labute approximate surface area is 162 Å². The molecular weight excluding hydrogens is 368 g/mol. The lowest BCUT2D eigenvalue weighted by Gasteiger charge is -2.11. The minimum absolute atomic E-state index is 0.0918. The number of hydrogen-bond acceptors (Lipinski definition) is 4. The molecule has 26 heavy (non-hydrogen) atoms. The molecule has 0 radical (unpaired) electrons. The highest BCUT2D eigenvalue weighted by Crippen LogP contribution is 2.23. The fourth-order valence-corrected chi connectivity index (χ4v) is 3.88. The van der Waals surface area contributed by atoms with Gasteiger partial charge in [-0.05, 0) is 38.5 Å². The molecule has 0 atom stereocenters. The molecule has 0 saturated heterocycles. The summed E-state index contributed by atoms with van der Waals surface area (Å²) in [6, 6.07) is 9.74. The topological polar surface area (TPSA) is 52.7 Å². The molecule has 0 unspecified atom stereocenters. The first-order valence-corrected chi connectivity index (χ1v) is 9.67. The molecule has 0 spiro atoms. The van der Waals surface area contributed by atoms with Crippen LogP contribution >= 0.6 is 23.4 Å². The van der Waals surface area contributed by atoms with E-state index >= 15 is 0 Å². The van der Waals surface area contributed by atoms with Gasteiger partial charge >= 0.3 is 0 Å². The number of nitrogens with zero attached hydrogens (tertiary/aromatic N) is 4. The maximum Gasteiger partial charge on any atom is 0.191 e. The van der Waals surface area contributed by atoms with Crippen LogP contribution in [-0.2, 0) is 13.6 Å². The minimum Gasteiger partial charge on any atom is -0.344 e. The van der Waals surface area contributed by atoms with Crippen molar-refractivity contribution in [1.82, 2.24) is 19.3 Å². The Bertz CT molecular complexity index is 961. The summed E-state index contributed by atoms with van der Waals surface area (Å²) in [7, 11) is 1.90. The van der Waals surface area contributed by atoms with Crippen LogP contribution < -0.4 is 0 Å². The van der Waals surface area contributed by atoms with E-state index in [1.807, 2.05) is 62.7 Å². The lowest BCUT2D eigenvalue weighted by atomic mass is 10.2. The average molecular weight is 389 g/mol. The van der Waals surface area contributed by atoms with Crippen LogP contribution in [0.4, 0.5) is 0 Å². The van der Waals surface area contributed by atoms with Gasteiger partial charge in [-0.1, -0.05) is 41.6 Å². The molecule has 0 fully saturated rings. The fraction of sp³-hybridized carbons (Fsp3) is 0.316. The van der Waals surface area contributed by atoms with Crippen molar-refractivity contribution >= 4 is 29.1 Å². The van der Waals surface area contributed by atoms with E-state index in [0.717, 1.165) is 38.5 Å². The van der Waals surface area contributed by atoms with Crippen molar-refractivity contribution in [2.45, 2.75) is 32.5 Å². The van der Waals surface area contributed by atoms with Crippen molar-refractivity contribution in [1.29, 1.82) is 0 Å². The van der Waals surface area contributed by atoms with E-state index in [1.54, 1.807) is 0 Å². The molecule has 0 aliphatic heterocycles. The fourth-order valence-electron chi connectivity index (χ4n) is 2.84. The Morgan fingerprint density at radius 2 is 1.92 bits per heavy atom. The smallest absolute Gasteiger partial charge is 0.191 e. The van der Waals surface area contributed by atoms with Crippen molar-refractivity contribution in [2.75, 3.05) is 5.75 Å². The first kappa shape index (κ1) is 18.7. The number of carbonyl (C=O) groups excluding carboxylic acids is 1. The molecule has 3 rings (SSSR count). The van der Waals surface area contributed by atoms with Gasteiger partial charge < -0.3 is 9.13 Å². The number of ketones is 1. The van der Waals surface area contributed by atoms with Crippen LogP contribution in [0.15, 0.2) is 35.5 Å². The van der Waals surface area contributed by atoms with E-state index in [1.165, 1.54) is 11.8 Å². The highest BCUT2D eigenvalue weighted by Gasteiger charge is 2.18. The Hall–Kier alpha value is -2.05. The number of Topliss-reactive ketones (excluding diaryl/α,β-unsaturated/α-hetero) is 1. The van der Waals surface area contributed by atoms with Gasteiger partial charge in [0.25, 0.3) is 0 Å². The maximum absolute atomic E-state index is 12.7. The zero-order valence-corrected chi connectivity index (χ0v) is 16.9. The van der Waals surface area contributed by atoms with Gasteiger partial charge in [-0.3, -0.25) is 4.79 Å². The number of thioether (sulfide) groups is 1. The van der Waals surface area contributed by atoms with Crippen LogP contribution in [0.5, 0.6) is 0 Å². The summed E-state index contributed by atoms with van der Waals surface area (Å²) in [6.07, 6.45) is 0. The van der Waals surface area contributed by atoms with Gasteiger partial charge in [-0.2, -0.15) is 0 Å². The van der Waals surface area contributed by atoms with Gasteiger partial charge in [0.15, 0.2) is 10.9 Å². The first-order valence-electron chi connectivity index (χ1n) is 8.30. The molecule has 0 bridgehead atoms. The summed E-state index contributed by atoms with van der Waals surface area (Å²) >= 11 is 7.69. The Balaban J connectivity index is 1.77. The number of hydrogen-bond donors (Lipinski definition) is 0. The van der Waals surface area contributed by atoms with Gasteiger partial charge in [0.1, 0.15) is 5.82 Å². The molecule has 0 N–H and O–H groups in total. The second-order valence-electron chi connectivity index (χ2n) is 6.26. The second kappa shape index (κ2) is 7.68. The molecule has 0 aliphatic carbocycles. The molecule has 2 aromatic heterocycles. The van der Waals surface area contributed by atoms with E-state index in [2.05, 4.69) is 14.8 Å². The molecular formula is C19H21ClN4OS. The standard InChI is InChI=1S/C19H21ClN4OS/c1-12-9-16(18(25)11-26-19-22-21-14(3)23(19)4)13(2)24(12)10-15-7-5-6-8-17(15)20/h5-9H,10-11H2,1-4H3. The molecule has 0 saturated carbocycles. The van der Waals surface area contributed by atoms with Crippen LogP contribution in [0.25, 0.3) is 0 Å². The average Bonchev–Trinajstić information content (AvgIpc) is 3.08. The van der Waals surface area contributed by atoms with Crippen molar-refractivity contribution in [3.63, 3.8) is 0 Å². The van der Waals surface area contributed by atoms with E-state index in [9.17, 15) is 4.79 Å². The van der Waals surface area contributed by atoms with Crippen molar-refractivity contribution in [3.05, 3.63) is 63.7 Å². The SMILES string of the molecule is Cc1nnc(SCC(=O)c2cc(C)n(Cc3ccccc3Cl)c2C)n1C. The lowest BCUT2D eigenvalue weighted by molar-refractivity contribution is 0.102. The highest BCUT2D eigenvalue weighted by molar-refractivity contribution is 7.99. The Morgan fingerprint density at radius 3 is 2.58 bits per heavy atom. The number of halogens is 1. The predicted molar refractivity (Wildman–Crippen MR) is 105 cm³/mol. The van der Waals surface area contributed by atoms with Crippen LogP contribution in [0.1, 0.15) is 33.1 Å². The third-order valence-corrected chi connectivity index (χ3v) is 5.93. The molecule has 0 amide bonds. The summed E-state index contributed by atoms with van der Waals surface area (Å²) in [6.45, 7) is 6.54. The second-order valence-corrected chi connectivity index (χ2v) is 7.61. The number of carbonyl (C=O) groups is 1. The van der Waals surface area contributed by atoms with Gasteiger partial charge in [0.2, 0.25) is 0 Å². The molecule has 136 valence electrons. The third kappa shape index (κ3) is 3.71. The van der Waals surface area contributed by atoms with Crippen molar-refractivity contribution in [3.8, 4) is 0 Å². The first-order chi connectivity index (χ1) is 12.4. The van der Waals surface area contributed by atoms with Gasteiger partial charge in [0, 0.05) is 35.6 Å². The van der Waals surface area contributed by atoms with Crippen LogP contribution in [0.2, 0.25) is 5.02 Å². The van der Waals surface area contributed by atoms with E-state index in [4.69, 9.17) is 11.6 Å². The minimum atomic E-state index is 0.0918. The van der Waals surface area contributed by atoms with Crippen molar-refractivity contribution in [2.24, 2.45) is 7.05 Å². The number of aromatic nitrogens is 4. The molecule has 7 heteroatoms. The van der Waals surface area contributed by atoms with Crippen molar-refractivity contribution < 1.29 is 4.79 Å². The zero-order valence-electron chi connectivity index (χ0n) is 15.3. The molecule has 0 aliphatic rings. The van der Waals surface area contributed by atoms with Crippen LogP contribution in [0.3, 0.4) is 0 Å². The van der Waals surface area contributed by atoms with E-state index in [-0.39, 0.29) is 5.78 Å². The monoisotopic (exact) mass is 388 g/mol. The van der Waals surface area contributed by atoms with Gasteiger partial charge in [0.05, 0.1) is 5.75 Å². The summed E-state index contributed by atoms with van der Waals surface area (Å²) in [5.74, 6) is 1.26. The quantitative estimate of drug-likeness (QED) is 0.468. The summed E-state index contributed by atoms with van der Waals surface area (Å²) in [5, 5.41) is 9.61. The van der Waals surface area contributed by atoms with Gasteiger partial charge in [-0.25, -0.2) is 0 Å². The van der Waals surface area contributed by atoms with E-state index < -0.39 is 0 Å². The zero-order chi connectivity index (χ0) is 18.8. The third-order valence-electron chi connectivity index (χ3n) is 4.55. The Morgan fingerprint density at radius 1 is 1.19 bits per heavy atom. The summed E-state index contributed by atoms with van der Waals surface area (Å²) < 4.78 is 4.02. The normalized spacial score (nSPS) is 11.1. The number of rotatable bonds is 6. The summed E-state index contributed by atoms with van der Waals surface area (Å²) in [5.41, 5.74) is 3.80. The Kier molecular flexibility index (Phi) is 5.53. The van der Waals surface area contributed by atoms with Crippen LogP contribution in [-0.4, -0.2) is 30.9 Å². The van der Waals surface area contributed by atoms with Crippen LogP contribution in [0, 0.1) is 20.8 Å². The molecule has 2 heterocycles. The highest BCUT2D eigenvalue weighted by atomic mass is 35.5. The summed E-state index contributed by atoms with van der Waals surface area (Å²) in [4.78, 5) is 12.7. The predicted octanol–water partition coefficient (Wildman–Crippen LogP) is 4.22. The molecule has 5 nitrogen and oxygen atoms in total. The lowest BCUT2D eigenvalue weighted by Crippen LogP contribution is -2.08. The van der Waals surface area contributed by atoms with E-state index in [0.29, 0.717) is 12.3 Å². The largest absolute Gasteiger partial charge is 0.344 e. The number of aryl methyl sites for hydroxylation is 2. The van der Waals surface area contributed by atoms with Gasteiger partial charge in [-0.15, -0.1) is 10.2 Å². The number of benzene rings is 1.